The van der Waals surface area contributed by atoms with Gasteiger partial charge in [-0.05, 0) is 18.6 Å². The Morgan fingerprint density at radius 2 is 2.30 bits per heavy atom. The molecule has 1 atom stereocenters. The Hall–Kier alpha value is -1.92. The minimum absolute atomic E-state index is 0.145. The van der Waals surface area contributed by atoms with E-state index in [4.69, 9.17) is 9.26 Å². The highest BCUT2D eigenvalue weighted by molar-refractivity contribution is 5.86. The number of ether oxygens (including phenoxy) is 1. The molecule has 0 aliphatic rings. The lowest BCUT2D eigenvalue weighted by Gasteiger charge is -2.09. The summed E-state index contributed by atoms with van der Waals surface area (Å²) in [5, 5.41) is 16.9. The Morgan fingerprint density at radius 3 is 3.10 bits per heavy atom. The Bertz CT molecular complexity index is 567. The number of methoxy groups -OCH3 is 1. The summed E-state index contributed by atoms with van der Waals surface area (Å²) in [5.41, 5.74) is 1.29. The second-order valence-electron chi connectivity index (χ2n) is 4.55. The van der Waals surface area contributed by atoms with Crippen LogP contribution in [0.4, 0.5) is 0 Å². The molecule has 108 valence electrons. The molecule has 0 spiro atoms. The number of para-hydroxylation sites is 1. The molecule has 0 aliphatic heterocycles. The number of hydrogen-bond acceptors (Lipinski definition) is 5. The van der Waals surface area contributed by atoms with Crippen molar-refractivity contribution in [2.75, 3.05) is 20.3 Å². The van der Waals surface area contributed by atoms with E-state index in [9.17, 15) is 9.90 Å². The zero-order chi connectivity index (χ0) is 14.4. The largest absolute Gasteiger partial charge is 0.391 e. The zero-order valence-electron chi connectivity index (χ0n) is 11.3. The lowest BCUT2D eigenvalue weighted by molar-refractivity contribution is -0.120. The highest BCUT2D eigenvalue weighted by Gasteiger charge is 2.12. The molecule has 1 aromatic carbocycles. The van der Waals surface area contributed by atoms with Gasteiger partial charge in [-0.3, -0.25) is 4.79 Å². The minimum atomic E-state index is -0.562. The Kier molecular flexibility index (Phi) is 5.09. The molecular formula is C14H18N2O4. The summed E-state index contributed by atoms with van der Waals surface area (Å²) in [6.07, 6.45) is 0.0597. The normalized spacial score (nSPS) is 12.5. The molecule has 0 radical (unpaired) electrons. The van der Waals surface area contributed by atoms with Crippen LogP contribution < -0.4 is 5.32 Å². The smallest absolute Gasteiger partial charge is 0.226 e. The predicted octanol–water partition coefficient (Wildman–Crippen LogP) is 0.884. The topological polar surface area (TPSA) is 84.6 Å². The molecule has 0 bridgehead atoms. The van der Waals surface area contributed by atoms with Crippen LogP contribution in [0.25, 0.3) is 11.0 Å². The SMILES string of the molecule is COCC(O)CCNC(=O)Cc1noc2ccccc12. The van der Waals surface area contributed by atoms with Gasteiger partial charge in [0.15, 0.2) is 5.58 Å². The average molecular weight is 278 g/mol. The van der Waals surface area contributed by atoms with E-state index in [1.165, 1.54) is 7.11 Å². The third-order valence-electron chi connectivity index (χ3n) is 2.94. The van der Waals surface area contributed by atoms with Crippen LogP contribution in [0.2, 0.25) is 0 Å². The average Bonchev–Trinajstić information content (AvgIpc) is 2.83. The van der Waals surface area contributed by atoms with Crippen LogP contribution in [0.15, 0.2) is 28.8 Å². The molecule has 2 rings (SSSR count). The fourth-order valence-corrected chi connectivity index (χ4v) is 1.93. The first-order valence-electron chi connectivity index (χ1n) is 6.47. The number of aliphatic hydroxyl groups is 1. The third-order valence-corrected chi connectivity index (χ3v) is 2.94. The van der Waals surface area contributed by atoms with E-state index in [2.05, 4.69) is 10.5 Å². The van der Waals surface area contributed by atoms with Gasteiger partial charge in [0.05, 0.1) is 19.1 Å². The number of carbonyl (C=O) groups excluding carboxylic acids is 1. The molecule has 1 unspecified atom stereocenters. The molecule has 2 N–H and O–H groups in total. The van der Waals surface area contributed by atoms with Crippen molar-refractivity contribution in [3.63, 3.8) is 0 Å². The van der Waals surface area contributed by atoms with Crippen LogP contribution in [0, 0.1) is 0 Å². The van der Waals surface area contributed by atoms with Crippen molar-refractivity contribution in [2.45, 2.75) is 18.9 Å². The molecule has 0 aliphatic carbocycles. The number of hydrogen-bond donors (Lipinski definition) is 2. The Morgan fingerprint density at radius 1 is 1.50 bits per heavy atom. The molecule has 20 heavy (non-hydrogen) atoms. The van der Waals surface area contributed by atoms with Gasteiger partial charge in [-0.25, -0.2) is 0 Å². The van der Waals surface area contributed by atoms with Crippen LogP contribution in [0.1, 0.15) is 12.1 Å². The highest BCUT2D eigenvalue weighted by atomic mass is 16.5. The maximum absolute atomic E-state index is 11.8. The van der Waals surface area contributed by atoms with E-state index in [1.807, 2.05) is 24.3 Å². The molecule has 2 aromatic rings. The molecule has 0 saturated heterocycles. The number of nitrogens with zero attached hydrogens (tertiary/aromatic N) is 1. The quantitative estimate of drug-likeness (QED) is 0.785. The van der Waals surface area contributed by atoms with Crippen molar-refractivity contribution >= 4 is 16.9 Å². The first-order chi connectivity index (χ1) is 9.70. The van der Waals surface area contributed by atoms with Crippen LogP contribution in [-0.4, -0.2) is 42.5 Å². The molecule has 1 amide bonds. The second-order valence-corrected chi connectivity index (χ2v) is 4.55. The first kappa shape index (κ1) is 14.5. The molecule has 0 fully saturated rings. The second kappa shape index (κ2) is 7.02. The fourth-order valence-electron chi connectivity index (χ4n) is 1.93. The van der Waals surface area contributed by atoms with Crippen molar-refractivity contribution in [3.05, 3.63) is 30.0 Å². The van der Waals surface area contributed by atoms with E-state index < -0.39 is 6.10 Å². The number of amides is 1. The van der Waals surface area contributed by atoms with Gasteiger partial charge >= 0.3 is 0 Å². The van der Waals surface area contributed by atoms with E-state index in [0.29, 0.717) is 24.2 Å². The predicted molar refractivity (Wildman–Crippen MR) is 73.2 cm³/mol. The van der Waals surface area contributed by atoms with Gasteiger partial charge in [-0.2, -0.15) is 0 Å². The van der Waals surface area contributed by atoms with Crippen LogP contribution in [0.5, 0.6) is 0 Å². The van der Waals surface area contributed by atoms with Crippen molar-refractivity contribution < 1.29 is 19.2 Å². The van der Waals surface area contributed by atoms with Crippen molar-refractivity contribution in [1.29, 1.82) is 0 Å². The van der Waals surface area contributed by atoms with Crippen molar-refractivity contribution in [3.8, 4) is 0 Å². The van der Waals surface area contributed by atoms with Crippen LogP contribution in [0.3, 0.4) is 0 Å². The number of aromatic nitrogens is 1. The molecule has 1 heterocycles. The first-order valence-corrected chi connectivity index (χ1v) is 6.47. The maximum atomic E-state index is 11.8. The monoisotopic (exact) mass is 278 g/mol. The third kappa shape index (κ3) is 3.79. The molecule has 0 saturated carbocycles. The lowest BCUT2D eigenvalue weighted by Crippen LogP contribution is -2.29. The lowest BCUT2D eigenvalue weighted by atomic mass is 10.1. The van der Waals surface area contributed by atoms with E-state index in [-0.39, 0.29) is 18.9 Å². The summed E-state index contributed by atoms with van der Waals surface area (Å²) in [6.45, 7) is 0.670. The summed E-state index contributed by atoms with van der Waals surface area (Å²) >= 11 is 0. The minimum Gasteiger partial charge on any atom is -0.391 e. The number of carbonyl (C=O) groups is 1. The van der Waals surface area contributed by atoms with Gasteiger partial charge < -0.3 is 19.7 Å². The van der Waals surface area contributed by atoms with E-state index >= 15 is 0 Å². The summed E-state index contributed by atoms with van der Waals surface area (Å²) in [6, 6.07) is 7.41. The number of nitrogens with one attached hydrogen (secondary N) is 1. The van der Waals surface area contributed by atoms with Gasteiger partial charge in [0.25, 0.3) is 0 Å². The maximum Gasteiger partial charge on any atom is 0.226 e. The number of rotatable bonds is 7. The van der Waals surface area contributed by atoms with Crippen LogP contribution >= 0.6 is 0 Å². The number of fused-ring (bicyclic) bond motifs is 1. The zero-order valence-corrected chi connectivity index (χ0v) is 11.3. The standard InChI is InChI=1S/C14H18N2O4/c1-19-9-10(17)6-7-15-14(18)8-12-11-4-2-3-5-13(11)20-16-12/h2-5,10,17H,6-9H2,1H3,(H,15,18). The number of aliphatic hydroxyl groups excluding tert-OH is 1. The Labute approximate surface area is 116 Å². The van der Waals surface area contributed by atoms with Gasteiger partial charge in [0.1, 0.15) is 5.69 Å². The Balaban J connectivity index is 1.83. The molecule has 6 nitrogen and oxygen atoms in total. The molecular weight excluding hydrogens is 260 g/mol. The van der Waals surface area contributed by atoms with Crippen LogP contribution in [-0.2, 0) is 16.0 Å². The van der Waals surface area contributed by atoms with Gasteiger partial charge in [0.2, 0.25) is 5.91 Å². The molecule has 6 heteroatoms. The van der Waals surface area contributed by atoms with E-state index in [1.54, 1.807) is 0 Å². The van der Waals surface area contributed by atoms with Crippen molar-refractivity contribution in [2.24, 2.45) is 0 Å². The van der Waals surface area contributed by atoms with Gasteiger partial charge in [-0.15, -0.1) is 0 Å². The summed E-state index contributed by atoms with van der Waals surface area (Å²) in [4.78, 5) is 11.8. The summed E-state index contributed by atoms with van der Waals surface area (Å²) in [5.74, 6) is -0.145. The molecule has 1 aromatic heterocycles. The fraction of sp³-hybridized carbons (Fsp3) is 0.429. The highest BCUT2D eigenvalue weighted by Crippen LogP contribution is 2.17. The summed E-state index contributed by atoms with van der Waals surface area (Å²) in [7, 11) is 1.53. The van der Waals surface area contributed by atoms with Crippen molar-refractivity contribution in [1.82, 2.24) is 10.5 Å². The van der Waals surface area contributed by atoms with E-state index in [0.717, 1.165) is 5.39 Å². The number of benzene rings is 1. The van der Waals surface area contributed by atoms with Gasteiger partial charge in [0, 0.05) is 19.0 Å². The summed E-state index contributed by atoms with van der Waals surface area (Å²) < 4.78 is 9.95. The van der Waals surface area contributed by atoms with Gasteiger partial charge in [-0.1, -0.05) is 17.3 Å².